The summed E-state index contributed by atoms with van der Waals surface area (Å²) in [5, 5.41) is 9.03. The number of hydrogen-bond acceptors (Lipinski definition) is 6. The van der Waals surface area contributed by atoms with Gasteiger partial charge in [0, 0.05) is 5.92 Å². The molecular formula is C28H34F2O7. The van der Waals surface area contributed by atoms with E-state index in [9.17, 15) is 23.2 Å². The molecule has 0 radical (unpaired) electrons. The molecule has 0 saturated heterocycles. The highest BCUT2D eigenvalue weighted by molar-refractivity contribution is 5.93. The molecule has 0 amide bonds. The molecule has 0 aliphatic heterocycles. The summed E-state index contributed by atoms with van der Waals surface area (Å²) in [4.78, 5) is 36.3. The number of carboxylic acid groups (broad SMARTS) is 1. The van der Waals surface area contributed by atoms with Crippen molar-refractivity contribution in [3.05, 3.63) is 35.4 Å². The lowest BCUT2D eigenvalue weighted by molar-refractivity contribution is -0.189. The molecule has 37 heavy (non-hydrogen) atoms. The van der Waals surface area contributed by atoms with Gasteiger partial charge in [0.25, 0.3) is 0 Å². The van der Waals surface area contributed by atoms with Gasteiger partial charge in [-0.15, -0.1) is 0 Å². The zero-order valence-electron chi connectivity index (χ0n) is 20.8. The van der Waals surface area contributed by atoms with Crippen molar-refractivity contribution in [2.75, 3.05) is 6.79 Å². The lowest BCUT2D eigenvalue weighted by Crippen LogP contribution is -2.48. The zero-order chi connectivity index (χ0) is 26.2. The molecule has 1 aromatic carbocycles. The summed E-state index contributed by atoms with van der Waals surface area (Å²) in [6.07, 6.45) is 7.22. The largest absolute Gasteiger partial charge is 0.477 e. The van der Waals surface area contributed by atoms with Crippen LogP contribution in [0.4, 0.5) is 8.78 Å². The van der Waals surface area contributed by atoms with Gasteiger partial charge in [0.2, 0.25) is 0 Å². The fourth-order valence-corrected chi connectivity index (χ4v) is 7.41. The summed E-state index contributed by atoms with van der Waals surface area (Å²) < 4.78 is 45.1. The summed E-state index contributed by atoms with van der Waals surface area (Å²) in [5.41, 5.74) is 0.131. The van der Waals surface area contributed by atoms with Gasteiger partial charge < -0.3 is 19.3 Å². The van der Waals surface area contributed by atoms with Gasteiger partial charge in [-0.05, 0) is 86.5 Å². The highest BCUT2D eigenvalue weighted by Gasteiger charge is 2.55. The molecule has 0 heterocycles. The van der Waals surface area contributed by atoms with E-state index in [1.54, 1.807) is 0 Å². The molecule has 0 spiro atoms. The van der Waals surface area contributed by atoms with Crippen LogP contribution in [0.2, 0.25) is 0 Å². The lowest BCUT2D eigenvalue weighted by atomic mass is 9.80. The third-order valence-corrected chi connectivity index (χ3v) is 9.15. The van der Waals surface area contributed by atoms with Gasteiger partial charge in [-0.25, -0.2) is 14.4 Å². The van der Waals surface area contributed by atoms with Gasteiger partial charge >= 0.3 is 23.8 Å². The molecule has 202 valence electrons. The second kappa shape index (κ2) is 10.7. The maximum atomic E-state index is 14.4. The number of fused-ring (bicyclic) bond motifs is 5. The highest BCUT2D eigenvalue weighted by atomic mass is 19.3. The van der Waals surface area contributed by atoms with Crippen LogP contribution in [-0.4, -0.2) is 47.9 Å². The minimum Gasteiger partial charge on any atom is -0.477 e. The molecule has 7 nitrogen and oxygen atoms in total. The number of hydrogen-bond donors (Lipinski definition) is 1. The van der Waals surface area contributed by atoms with Gasteiger partial charge in [0.1, 0.15) is 0 Å². The first-order valence-corrected chi connectivity index (χ1v) is 13.5. The standard InChI is InChI=1S/C28H34F2O7/c29-28(30,27(33)34)24(16-5-2-1-3-6-16)37-26(32)18-11-9-17(10-12-18)25(31)36-15-35-23-14-19-13-22(23)21-8-4-7-20(19)21/h9-12,16,19-24H,1-8,13-15H2,(H,33,34). The number of esters is 2. The van der Waals surface area contributed by atoms with Crippen molar-refractivity contribution in [1.82, 2.24) is 0 Å². The minimum atomic E-state index is -4.20. The van der Waals surface area contributed by atoms with Crippen molar-refractivity contribution in [2.24, 2.45) is 29.6 Å². The molecule has 6 unspecified atom stereocenters. The summed E-state index contributed by atoms with van der Waals surface area (Å²) in [7, 11) is 0. The fraction of sp³-hybridized carbons (Fsp3) is 0.679. The second-order valence-corrected chi connectivity index (χ2v) is 11.1. The van der Waals surface area contributed by atoms with E-state index in [0.717, 1.165) is 30.6 Å². The number of aliphatic carboxylic acids is 1. The van der Waals surface area contributed by atoms with Crippen LogP contribution in [0, 0.1) is 29.6 Å². The number of rotatable bonds is 9. The van der Waals surface area contributed by atoms with Crippen molar-refractivity contribution >= 4 is 17.9 Å². The number of halogens is 2. The maximum Gasteiger partial charge on any atom is 0.378 e. The predicted octanol–water partition coefficient (Wildman–Crippen LogP) is 5.47. The van der Waals surface area contributed by atoms with E-state index in [1.807, 2.05) is 0 Å². The van der Waals surface area contributed by atoms with Crippen LogP contribution in [0.3, 0.4) is 0 Å². The van der Waals surface area contributed by atoms with Crippen LogP contribution in [0.5, 0.6) is 0 Å². The maximum absolute atomic E-state index is 14.4. The molecular weight excluding hydrogens is 486 g/mol. The molecule has 1 aromatic rings. The number of ether oxygens (including phenoxy) is 3. The first-order chi connectivity index (χ1) is 17.8. The van der Waals surface area contributed by atoms with E-state index in [1.165, 1.54) is 49.9 Å². The molecule has 4 aliphatic rings. The lowest BCUT2D eigenvalue weighted by Gasteiger charge is -2.33. The Morgan fingerprint density at radius 3 is 2.19 bits per heavy atom. The Kier molecular flexibility index (Phi) is 7.52. The molecule has 5 rings (SSSR count). The van der Waals surface area contributed by atoms with Gasteiger partial charge in [0.15, 0.2) is 12.9 Å². The Balaban J connectivity index is 1.14. The first-order valence-electron chi connectivity index (χ1n) is 13.5. The Morgan fingerprint density at radius 1 is 0.865 bits per heavy atom. The van der Waals surface area contributed by atoms with Gasteiger partial charge in [-0.3, -0.25) is 0 Å². The number of carbonyl (C=O) groups excluding carboxylic acids is 2. The molecule has 2 bridgehead atoms. The summed E-state index contributed by atoms with van der Waals surface area (Å²) in [6.45, 7) is -0.138. The van der Waals surface area contributed by atoms with E-state index in [0.29, 0.717) is 31.6 Å². The molecule has 4 saturated carbocycles. The van der Waals surface area contributed by atoms with E-state index in [-0.39, 0.29) is 24.0 Å². The summed E-state index contributed by atoms with van der Waals surface area (Å²) >= 11 is 0. The normalized spacial score (nSPS) is 30.1. The van der Waals surface area contributed by atoms with E-state index >= 15 is 0 Å². The Morgan fingerprint density at radius 2 is 1.51 bits per heavy atom. The van der Waals surface area contributed by atoms with Crippen LogP contribution in [0.25, 0.3) is 0 Å². The first kappa shape index (κ1) is 26.1. The minimum absolute atomic E-state index is 0.0529. The Hall–Kier alpha value is -2.55. The molecule has 4 fully saturated rings. The van der Waals surface area contributed by atoms with Crippen molar-refractivity contribution in [3.63, 3.8) is 0 Å². The molecule has 0 aromatic heterocycles. The Bertz CT molecular complexity index is 1000. The molecule has 9 heteroatoms. The SMILES string of the molecule is O=C(OCOC1CC2CC1C1CCCC21)c1ccc(C(=O)OC(C2CCCCC2)C(F)(F)C(=O)O)cc1. The summed E-state index contributed by atoms with van der Waals surface area (Å²) in [5.74, 6) is -6.01. The topological polar surface area (TPSA) is 99.1 Å². The highest BCUT2D eigenvalue weighted by Crippen LogP contribution is 2.59. The fourth-order valence-electron chi connectivity index (χ4n) is 7.41. The van der Waals surface area contributed by atoms with Gasteiger partial charge in [-0.2, -0.15) is 8.78 Å². The quantitative estimate of drug-likeness (QED) is 0.341. The smallest absolute Gasteiger partial charge is 0.378 e. The van der Waals surface area contributed by atoms with Gasteiger partial charge in [0.05, 0.1) is 17.2 Å². The van der Waals surface area contributed by atoms with E-state index in [4.69, 9.17) is 19.3 Å². The summed E-state index contributed by atoms with van der Waals surface area (Å²) in [6, 6.07) is 5.27. The molecule has 1 N–H and O–H groups in total. The third-order valence-electron chi connectivity index (χ3n) is 9.15. The third kappa shape index (κ3) is 5.24. The number of alkyl halides is 2. The second-order valence-electron chi connectivity index (χ2n) is 11.1. The van der Waals surface area contributed by atoms with E-state index < -0.39 is 35.9 Å². The molecule has 4 aliphatic carbocycles. The van der Waals surface area contributed by atoms with Crippen molar-refractivity contribution in [1.29, 1.82) is 0 Å². The number of carboxylic acids is 1. The number of benzene rings is 1. The van der Waals surface area contributed by atoms with Crippen molar-refractivity contribution in [3.8, 4) is 0 Å². The van der Waals surface area contributed by atoms with Crippen molar-refractivity contribution < 1.29 is 42.5 Å². The van der Waals surface area contributed by atoms with Gasteiger partial charge in [-0.1, -0.05) is 25.7 Å². The monoisotopic (exact) mass is 520 g/mol. The van der Waals surface area contributed by atoms with Crippen LogP contribution >= 0.6 is 0 Å². The van der Waals surface area contributed by atoms with Crippen molar-refractivity contribution in [2.45, 2.75) is 82.3 Å². The zero-order valence-corrected chi connectivity index (χ0v) is 20.8. The average Bonchev–Trinajstić information content (AvgIpc) is 3.62. The van der Waals surface area contributed by atoms with E-state index in [2.05, 4.69) is 0 Å². The predicted molar refractivity (Wildman–Crippen MR) is 127 cm³/mol. The van der Waals surface area contributed by atoms with Crippen LogP contribution < -0.4 is 0 Å². The van der Waals surface area contributed by atoms with Crippen LogP contribution in [0.15, 0.2) is 24.3 Å². The average molecular weight is 521 g/mol. The number of carbonyl (C=O) groups is 3. The van der Waals surface area contributed by atoms with Crippen LogP contribution in [0.1, 0.15) is 84.9 Å². The van der Waals surface area contributed by atoms with Crippen LogP contribution in [-0.2, 0) is 19.0 Å². The Labute approximate surface area is 214 Å². The molecule has 6 atom stereocenters.